The molecule has 0 bridgehead atoms. The second-order valence-electron chi connectivity index (χ2n) is 5.70. The Kier molecular flexibility index (Phi) is 10.4. The van der Waals surface area contributed by atoms with Gasteiger partial charge in [0.25, 0.3) is 0 Å². The van der Waals surface area contributed by atoms with Gasteiger partial charge >= 0.3 is 0 Å². The average Bonchev–Trinajstić information content (AvgIpc) is 2.44. The Morgan fingerprint density at radius 3 is 2.09 bits per heavy atom. The molecule has 0 heterocycles. The maximum Gasteiger partial charge on any atom is 0.161 e. The highest BCUT2D eigenvalue weighted by Crippen LogP contribution is 2.30. The van der Waals surface area contributed by atoms with Crippen molar-refractivity contribution < 1.29 is 19.7 Å². The summed E-state index contributed by atoms with van der Waals surface area (Å²) in [6.07, 6.45) is 2.50. The van der Waals surface area contributed by atoms with Crippen molar-refractivity contribution in [3.63, 3.8) is 0 Å². The van der Waals surface area contributed by atoms with E-state index in [9.17, 15) is 5.11 Å². The van der Waals surface area contributed by atoms with Crippen LogP contribution in [0.25, 0.3) is 0 Å². The molecule has 128 valence electrons. The van der Waals surface area contributed by atoms with E-state index in [0.29, 0.717) is 12.4 Å². The van der Waals surface area contributed by atoms with Gasteiger partial charge in [-0.15, -0.1) is 0 Å². The van der Waals surface area contributed by atoms with E-state index in [-0.39, 0.29) is 11.5 Å². The first-order chi connectivity index (χ1) is 10.4. The van der Waals surface area contributed by atoms with Gasteiger partial charge in [-0.3, -0.25) is 0 Å². The van der Waals surface area contributed by atoms with Gasteiger partial charge in [0.2, 0.25) is 0 Å². The molecule has 5 heteroatoms. The number of benzene rings is 1. The second kappa shape index (κ2) is 11.2. The summed E-state index contributed by atoms with van der Waals surface area (Å²) in [7, 11) is 1.60. The molecule has 1 rings (SSSR count). The van der Waals surface area contributed by atoms with Crippen LogP contribution in [-0.2, 0) is 4.74 Å². The normalized spacial score (nSPS) is 10.8. The van der Waals surface area contributed by atoms with Crippen LogP contribution < -0.4 is 10.1 Å². The van der Waals surface area contributed by atoms with Gasteiger partial charge in [-0.05, 0) is 51.9 Å². The van der Waals surface area contributed by atoms with E-state index >= 15 is 0 Å². The van der Waals surface area contributed by atoms with Crippen molar-refractivity contribution in [2.45, 2.75) is 46.1 Å². The van der Waals surface area contributed by atoms with Crippen molar-refractivity contribution in [2.24, 2.45) is 0 Å². The zero-order valence-electron chi connectivity index (χ0n) is 14.5. The minimum atomic E-state index is -0.474. The van der Waals surface area contributed by atoms with Crippen LogP contribution in [-0.4, -0.2) is 42.6 Å². The maximum absolute atomic E-state index is 9.27. The van der Waals surface area contributed by atoms with E-state index in [0.717, 1.165) is 0 Å². The van der Waals surface area contributed by atoms with Crippen LogP contribution in [0.3, 0.4) is 0 Å². The van der Waals surface area contributed by atoms with Crippen LogP contribution in [0, 0.1) is 0 Å². The number of nitrogens with one attached hydrogen (secondary N) is 1. The second-order valence-corrected chi connectivity index (χ2v) is 5.70. The van der Waals surface area contributed by atoms with Gasteiger partial charge < -0.3 is 25.0 Å². The largest absolute Gasteiger partial charge is 0.504 e. The molecule has 0 atom stereocenters. The topological polar surface area (TPSA) is 71.0 Å². The molecular formula is C17H31NO4. The van der Waals surface area contributed by atoms with Gasteiger partial charge in [0, 0.05) is 13.2 Å². The monoisotopic (exact) mass is 313 g/mol. The van der Waals surface area contributed by atoms with E-state index in [1.165, 1.54) is 38.1 Å². The third-order valence-corrected chi connectivity index (χ3v) is 2.69. The molecule has 1 aromatic rings. The van der Waals surface area contributed by atoms with Crippen molar-refractivity contribution in [3.8, 4) is 17.2 Å². The predicted molar refractivity (Wildman–Crippen MR) is 89.8 cm³/mol. The highest BCUT2D eigenvalue weighted by atomic mass is 16.5. The molecule has 1 aromatic carbocycles. The van der Waals surface area contributed by atoms with Gasteiger partial charge in [0.15, 0.2) is 11.5 Å². The summed E-state index contributed by atoms with van der Waals surface area (Å²) in [5.41, 5.74) is -0.474. The fourth-order valence-electron chi connectivity index (χ4n) is 1.74. The molecule has 5 nitrogen and oxygen atoms in total. The Hall–Kier alpha value is -1.46. The van der Waals surface area contributed by atoms with Crippen molar-refractivity contribution in [1.29, 1.82) is 0 Å². The predicted octanol–water partition coefficient (Wildman–Crippen LogP) is 3.30. The minimum Gasteiger partial charge on any atom is -0.504 e. The summed E-state index contributed by atoms with van der Waals surface area (Å²) >= 11 is 0. The number of phenols is 2. The molecule has 22 heavy (non-hydrogen) atoms. The van der Waals surface area contributed by atoms with Gasteiger partial charge in [0.05, 0.1) is 6.61 Å². The first kappa shape index (κ1) is 20.5. The zero-order chi connectivity index (χ0) is 17.0. The smallest absolute Gasteiger partial charge is 0.161 e. The summed E-state index contributed by atoms with van der Waals surface area (Å²) in [4.78, 5) is 0. The molecule has 0 spiro atoms. The molecule has 3 N–H and O–H groups in total. The Morgan fingerprint density at radius 2 is 1.64 bits per heavy atom. The fraction of sp³-hybridized carbons (Fsp3) is 0.647. The summed E-state index contributed by atoms with van der Waals surface area (Å²) in [5.74, 6) is 0.139. The zero-order valence-corrected chi connectivity index (χ0v) is 14.5. The molecule has 0 unspecified atom stereocenters. The van der Waals surface area contributed by atoms with Crippen LogP contribution in [0.1, 0.15) is 40.5 Å². The summed E-state index contributed by atoms with van der Waals surface area (Å²) in [6, 6.07) is 4.34. The van der Waals surface area contributed by atoms with Gasteiger partial charge in [-0.2, -0.15) is 0 Å². The number of aromatic hydroxyl groups is 2. The standard InChI is InChI=1S/C11H16O4.C6H15N/c1-11(2,7-14-3)15-8-4-5-9(12)10(13)6-8;1-3-5-7-6-4-2/h4-6,12-13H,7H2,1-3H3;7H,3-6H2,1-2H3. The Labute approximate surface area is 134 Å². The van der Waals surface area contributed by atoms with E-state index in [1.807, 2.05) is 13.8 Å². The van der Waals surface area contributed by atoms with Gasteiger partial charge in [0.1, 0.15) is 11.4 Å². The number of hydrogen-bond acceptors (Lipinski definition) is 5. The van der Waals surface area contributed by atoms with Crippen molar-refractivity contribution in [2.75, 3.05) is 26.8 Å². The van der Waals surface area contributed by atoms with E-state index in [1.54, 1.807) is 13.2 Å². The Bertz CT molecular complexity index is 404. The molecule has 0 saturated heterocycles. The van der Waals surface area contributed by atoms with Crippen LogP contribution in [0.4, 0.5) is 0 Å². The third-order valence-electron chi connectivity index (χ3n) is 2.69. The maximum atomic E-state index is 9.27. The lowest BCUT2D eigenvalue weighted by molar-refractivity contribution is 0.0179. The highest BCUT2D eigenvalue weighted by Gasteiger charge is 2.19. The quantitative estimate of drug-likeness (QED) is 0.507. The van der Waals surface area contributed by atoms with Crippen molar-refractivity contribution in [1.82, 2.24) is 5.32 Å². The van der Waals surface area contributed by atoms with Gasteiger partial charge in [-0.1, -0.05) is 13.8 Å². The minimum absolute atomic E-state index is 0.160. The lowest BCUT2D eigenvalue weighted by Crippen LogP contribution is -2.33. The van der Waals surface area contributed by atoms with E-state index in [2.05, 4.69) is 19.2 Å². The molecule has 0 amide bonds. The number of phenolic OH excluding ortho intramolecular Hbond substituents is 2. The molecule has 0 aliphatic rings. The molecule has 0 saturated carbocycles. The first-order valence-electron chi connectivity index (χ1n) is 7.77. The summed E-state index contributed by atoms with van der Waals surface area (Å²) < 4.78 is 10.6. The summed E-state index contributed by atoms with van der Waals surface area (Å²) in [5, 5.41) is 21.7. The number of methoxy groups -OCH3 is 1. The van der Waals surface area contributed by atoms with Crippen molar-refractivity contribution >= 4 is 0 Å². The molecule has 0 aliphatic heterocycles. The molecule has 0 aromatic heterocycles. The molecule has 0 fully saturated rings. The van der Waals surface area contributed by atoms with Crippen LogP contribution in [0.15, 0.2) is 18.2 Å². The molecule has 0 radical (unpaired) electrons. The third kappa shape index (κ3) is 9.47. The van der Waals surface area contributed by atoms with E-state index < -0.39 is 5.60 Å². The van der Waals surface area contributed by atoms with Gasteiger partial charge in [-0.25, -0.2) is 0 Å². The lowest BCUT2D eigenvalue weighted by atomic mass is 10.1. The highest BCUT2D eigenvalue weighted by molar-refractivity contribution is 5.43. The lowest BCUT2D eigenvalue weighted by Gasteiger charge is -2.25. The molecular weight excluding hydrogens is 282 g/mol. The summed E-state index contributed by atoms with van der Waals surface area (Å²) in [6.45, 7) is 10.9. The van der Waals surface area contributed by atoms with E-state index in [4.69, 9.17) is 14.6 Å². The van der Waals surface area contributed by atoms with Crippen LogP contribution in [0.2, 0.25) is 0 Å². The SMILES string of the molecule is CCCNCCC.COCC(C)(C)Oc1ccc(O)c(O)c1. The number of hydrogen-bond donors (Lipinski definition) is 3. The van der Waals surface area contributed by atoms with Crippen LogP contribution >= 0.6 is 0 Å². The average molecular weight is 313 g/mol. The fourth-order valence-corrected chi connectivity index (χ4v) is 1.74. The first-order valence-corrected chi connectivity index (χ1v) is 7.77. The Morgan fingerprint density at radius 1 is 1.05 bits per heavy atom. The number of ether oxygens (including phenoxy) is 2. The Balaban J connectivity index is 0.000000534. The van der Waals surface area contributed by atoms with Crippen LogP contribution in [0.5, 0.6) is 17.2 Å². The number of rotatable bonds is 8. The van der Waals surface area contributed by atoms with Crippen molar-refractivity contribution in [3.05, 3.63) is 18.2 Å². The molecule has 0 aliphatic carbocycles.